The number of hydrogen-bond acceptors (Lipinski definition) is 3. The van der Waals surface area contributed by atoms with Crippen LogP contribution in [0.25, 0.3) is 0 Å². The van der Waals surface area contributed by atoms with E-state index in [9.17, 15) is 4.79 Å². The molecule has 0 saturated heterocycles. The maximum atomic E-state index is 12.5. The Balaban J connectivity index is 2.08. The zero-order valence-electron chi connectivity index (χ0n) is 12.9. The Morgan fingerprint density at radius 2 is 1.78 bits per heavy atom. The fourth-order valence-corrected chi connectivity index (χ4v) is 2.39. The molecule has 1 amide bonds. The normalized spacial score (nSPS) is 11.7. The third kappa shape index (κ3) is 5.69. The molecule has 2 aromatic rings. The van der Waals surface area contributed by atoms with Crippen molar-refractivity contribution in [2.24, 2.45) is 5.73 Å². The minimum atomic E-state index is -0.671. The Hall–Kier alpha value is -1.85. The molecule has 0 aliphatic heterocycles. The largest absolute Gasteiger partial charge is 0.476 e. The highest BCUT2D eigenvalue weighted by Gasteiger charge is 2.22. The molecule has 2 rings (SSSR count). The molecule has 4 nitrogen and oxygen atoms in total. The van der Waals surface area contributed by atoms with Crippen LogP contribution < -0.4 is 15.8 Å². The lowest BCUT2D eigenvalue weighted by Gasteiger charge is -2.19. The maximum absolute atomic E-state index is 12.5. The second-order valence-electron chi connectivity index (χ2n) is 5.15. The topological polar surface area (TPSA) is 64.3 Å². The second-order valence-corrected chi connectivity index (χ2v) is 6.06. The summed E-state index contributed by atoms with van der Waals surface area (Å²) in [6, 6.07) is 16.9. The number of amides is 1. The quantitative estimate of drug-likeness (QED) is 0.693. The van der Waals surface area contributed by atoms with Gasteiger partial charge in [0, 0.05) is 16.6 Å². The first kappa shape index (κ1) is 17.5. The highest BCUT2D eigenvalue weighted by molar-refractivity contribution is 9.10. The molecule has 0 bridgehead atoms. The first-order valence-electron chi connectivity index (χ1n) is 7.65. The van der Waals surface area contributed by atoms with E-state index in [0.29, 0.717) is 18.8 Å². The van der Waals surface area contributed by atoms with Crippen LogP contribution in [0.2, 0.25) is 0 Å². The van der Waals surface area contributed by atoms with E-state index >= 15 is 0 Å². The van der Waals surface area contributed by atoms with Crippen LogP contribution in [0.1, 0.15) is 24.5 Å². The van der Waals surface area contributed by atoms with Gasteiger partial charge in [-0.2, -0.15) is 0 Å². The van der Waals surface area contributed by atoms with Gasteiger partial charge in [-0.15, -0.1) is 0 Å². The van der Waals surface area contributed by atoms with Crippen molar-refractivity contribution in [3.8, 4) is 5.75 Å². The van der Waals surface area contributed by atoms with E-state index in [2.05, 4.69) is 21.2 Å². The molecular weight excluding hydrogens is 356 g/mol. The van der Waals surface area contributed by atoms with Crippen LogP contribution in [-0.4, -0.2) is 19.0 Å². The fourth-order valence-electron chi connectivity index (χ4n) is 2.12. The zero-order valence-corrected chi connectivity index (χ0v) is 14.5. The Morgan fingerprint density at radius 1 is 1.09 bits per heavy atom. The zero-order chi connectivity index (χ0) is 16.5. The number of unbranched alkanes of at least 4 members (excludes halogenated alkanes) is 1. The summed E-state index contributed by atoms with van der Waals surface area (Å²) in [5.74, 6) is 0.510. The summed E-state index contributed by atoms with van der Waals surface area (Å²) in [7, 11) is 0. The summed E-state index contributed by atoms with van der Waals surface area (Å²) < 4.78 is 6.88. The molecule has 0 aliphatic rings. The lowest BCUT2D eigenvalue weighted by atomic mass is 10.1. The molecule has 0 aliphatic carbocycles. The van der Waals surface area contributed by atoms with Gasteiger partial charge in [-0.05, 0) is 43.7 Å². The van der Waals surface area contributed by atoms with Crippen LogP contribution in [0.3, 0.4) is 0 Å². The maximum Gasteiger partial charge on any atom is 0.265 e. The number of nitrogens with one attached hydrogen (secondary N) is 1. The van der Waals surface area contributed by atoms with Gasteiger partial charge in [0.15, 0.2) is 0 Å². The first-order valence-corrected chi connectivity index (χ1v) is 8.45. The summed E-state index contributed by atoms with van der Waals surface area (Å²) in [4.78, 5) is 12.5. The number of benzene rings is 2. The van der Waals surface area contributed by atoms with E-state index in [1.54, 1.807) is 0 Å². The smallest absolute Gasteiger partial charge is 0.265 e. The predicted molar refractivity (Wildman–Crippen MR) is 95.3 cm³/mol. The van der Waals surface area contributed by atoms with E-state index in [1.165, 1.54) is 0 Å². The van der Waals surface area contributed by atoms with Gasteiger partial charge >= 0.3 is 0 Å². The van der Waals surface area contributed by atoms with Crippen LogP contribution in [0.4, 0.5) is 0 Å². The minimum Gasteiger partial charge on any atom is -0.476 e. The van der Waals surface area contributed by atoms with Gasteiger partial charge < -0.3 is 15.8 Å². The van der Waals surface area contributed by atoms with Gasteiger partial charge in [-0.25, -0.2) is 0 Å². The number of halogens is 1. The van der Waals surface area contributed by atoms with Crippen molar-refractivity contribution < 1.29 is 9.53 Å². The number of hydrogen-bond donors (Lipinski definition) is 2. The monoisotopic (exact) mass is 376 g/mol. The fraction of sp³-hybridized carbons (Fsp3) is 0.278. The Bertz CT molecular complexity index is 602. The van der Waals surface area contributed by atoms with Crippen LogP contribution in [-0.2, 0) is 4.79 Å². The van der Waals surface area contributed by atoms with Gasteiger partial charge in [0.1, 0.15) is 5.75 Å². The van der Waals surface area contributed by atoms with Crippen LogP contribution in [0.5, 0.6) is 5.75 Å². The molecule has 3 N–H and O–H groups in total. The highest BCUT2D eigenvalue weighted by Crippen LogP contribution is 2.24. The lowest BCUT2D eigenvalue weighted by Crippen LogP contribution is -2.33. The minimum absolute atomic E-state index is 0.142. The lowest BCUT2D eigenvalue weighted by molar-refractivity contribution is -0.128. The molecular formula is C18H21BrN2O2. The first-order chi connectivity index (χ1) is 11.2. The van der Waals surface area contributed by atoms with E-state index in [4.69, 9.17) is 10.5 Å². The standard InChI is InChI=1S/C18H21BrN2O2/c19-15-8-10-16(11-9-15)23-17(14-6-2-1-3-7-14)18(22)21-13-5-4-12-20/h1-3,6-11,17H,4-5,12-13,20H2,(H,21,22). The molecule has 23 heavy (non-hydrogen) atoms. The molecule has 1 unspecified atom stereocenters. The van der Waals surface area contributed by atoms with Crippen molar-refractivity contribution in [2.45, 2.75) is 18.9 Å². The van der Waals surface area contributed by atoms with Crippen molar-refractivity contribution in [2.75, 3.05) is 13.1 Å². The van der Waals surface area contributed by atoms with Crippen molar-refractivity contribution >= 4 is 21.8 Å². The van der Waals surface area contributed by atoms with Crippen molar-refractivity contribution in [1.82, 2.24) is 5.32 Å². The summed E-state index contributed by atoms with van der Waals surface area (Å²) in [5.41, 5.74) is 6.30. The van der Waals surface area contributed by atoms with Crippen molar-refractivity contribution in [3.63, 3.8) is 0 Å². The van der Waals surface area contributed by atoms with Crippen molar-refractivity contribution in [3.05, 3.63) is 64.6 Å². The number of carbonyl (C=O) groups is 1. The molecule has 5 heteroatoms. The van der Waals surface area contributed by atoms with Crippen LogP contribution >= 0.6 is 15.9 Å². The number of ether oxygens (including phenoxy) is 1. The molecule has 0 fully saturated rings. The van der Waals surface area contributed by atoms with Crippen LogP contribution in [0.15, 0.2) is 59.1 Å². The van der Waals surface area contributed by atoms with Gasteiger partial charge in [0.25, 0.3) is 5.91 Å². The van der Waals surface area contributed by atoms with Gasteiger partial charge in [0.2, 0.25) is 6.10 Å². The van der Waals surface area contributed by atoms with Gasteiger partial charge in [0.05, 0.1) is 0 Å². The third-order valence-electron chi connectivity index (χ3n) is 3.34. The molecule has 0 saturated carbocycles. The van der Waals surface area contributed by atoms with Gasteiger partial charge in [-0.1, -0.05) is 46.3 Å². The van der Waals surface area contributed by atoms with E-state index in [-0.39, 0.29) is 5.91 Å². The van der Waals surface area contributed by atoms with E-state index < -0.39 is 6.10 Å². The highest BCUT2D eigenvalue weighted by atomic mass is 79.9. The molecule has 2 aromatic carbocycles. The molecule has 0 heterocycles. The van der Waals surface area contributed by atoms with Gasteiger partial charge in [-0.3, -0.25) is 4.79 Å². The molecule has 1 atom stereocenters. The molecule has 122 valence electrons. The van der Waals surface area contributed by atoms with Crippen molar-refractivity contribution in [1.29, 1.82) is 0 Å². The molecule has 0 radical (unpaired) electrons. The Kier molecular flexibility index (Phi) is 7.10. The molecule has 0 aromatic heterocycles. The second kappa shape index (κ2) is 9.33. The summed E-state index contributed by atoms with van der Waals surface area (Å²) in [6.45, 7) is 1.23. The number of nitrogens with two attached hydrogens (primary N) is 1. The SMILES string of the molecule is NCCCCNC(=O)C(Oc1ccc(Br)cc1)c1ccccc1. The predicted octanol–water partition coefficient (Wildman–Crippen LogP) is 3.42. The number of rotatable bonds is 8. The van der Waals surface area contributed by atoms with E-state index in [1.807, 2.05) is 54.6 Å². The summed E-state index contributed by atoms with van der Waals surface area (Å²) in [6.07, 6.45) is 1.08. The summed E-state index contributed by atoms with van der Waals surface area (Å²) in [5, 5.41) is 2.92. The Morgan fingerprint density at radius 3 is 2.43 bits per heavy atom. The summed E-state index contributed by atoms with van der Waals surface area (Å²) >= 11 is 3.39. The van der Waals surface area contributed by atoms with Crippen LogP contribution in [0, 0.1) is 0 Å². The number of carbonyl (C=O) groups excluding carboxylic acids is 1. The average molecular weight is 377 g/mol. The van der Waals surface area contributed by atoms with E-state index in [0.717, 1.165) is 22.9 Å². The average Bonchev–Trinajstić information content (AvgIpc) is 2.59. The Labute approximate surface area is 145 Å². The third-order valence-corrected chi connectivity index (χ3v) is 3.87. The molecule has 0 spiro atoms.